The minimum absolute atomic E-state index is 0.725. The van der Waals surface area contributed by atoms with E-state index in [0.717, 1.165) is 0 Å². The van der Waals surface area contributed by atoms with Crippen molar-refractivity contribution in [2.45, 2.75) is 154 Å². The fourth-order valence-electron chi connectivity index (χ4n) is 6.93. The van der Waals surface area contributed by atoms with E-state index in [0.29, 0.717) is 0 Å². The molecule has 5 aliphatic rings. The number of hydrogen-bond donors (Lipinski definition) is 17. The molecule has 0 aromatic heterocycles. The van der Waals surface area contributed by atoms with Gasteiger partial charge in [0, 0.05) is 0 Å². The molecule has 0 aliphatic carbocycles. The van der Waals surface area contributed by atoms with Crippen LogP contribution in [0.25, 0.3) is 0 Å². The van der Waals surface area contributed by atoms with E-state index in [1.54, 1.807) is 0 Å². The fraction of sp³-hybridized carbons (Fsp3) is 1.00. The van der Waals surface area contributed by atoms with Gasteiger partial charge in [-0.1, -0.05) is 0 Å². The molecule has 0 bridgehead atoms. The number of hydrogen-bond acceptors (Lipinski definition) is 26. The average molecular weight is 829 g/mol. The molecule has 0 aromatic rings. The largest absolute Gasteiger partial charge is 0.394 e. The first kappa shape index (κ1) is 46.0. The highest BCUT2D eigenvalue weighted by Gasteiger charge is 2.55. The molecule has 0 amide bonds. The molecule has 5 heterocycles. The summed E-state index contributed by atoms with van der Waals surface area (Å²) in [6, 6.07) is 0. The first-order chi connectivity index (χ1) is 26.5. The minimum atomic E-state index is -2.12. The Kier molecular flexibility index (Phi) is 16.1. The standard InChI is InChI=1S/C30H52O26/c31-1-6-11(35)13(37)19(43)27(50-6)48-5-10-12(36)14(38)20(44)28(53-10)55-24-8(3-33)52-30(22(46)16(24)40)56-25-9(4-34)51-29(21(45)17(25)41)54-23-7(2-32)49-26(47)18(42)15(23)39/h6-47H,1-5H2/t6-,7-,8-,9-,10-,11+,12-,13+,14+,15-,16-,17-,18+,19-,20+,21+,22+,23-,24-,25-,26?,27+,28+,29+,30+/m1/s1. The van der Waals surface area contributed by atoms with Crippen LogP contribution >= 0.6 is 0 Å². The second kappa shape index (κ2) is 19.6. The van der Waals surface area contributed by atoms with Crippen LogP contribution in [-0.4, -0.2) is 273 Å². The van der Waals surface area contributed by atoms with Gasteiger partial charge in [0.2, 0.25) is 0 Å². The summed E-state index contributed by atoms with van der Waals surface area (Å²) in [6.07, 6.45) is -45.5. The molecular weight excluding hydrogens is 776 g/mol. The van der Waals surface area contributed by atoms with Gasteiger partial charge < -0.3 is 129 Å². The van der Waals surface area contributed by atoms with Gasteiger partial charge in [-0.3, -0.25) is 0 Å². The highest BCUT2D eigenvalue weighted by molar-refractivity contribution is 4.98. The minimum Gasteiger partial charge on any atom is -0.394 e. The van der Waals surface area contributed by atoms with Crippen molar-refractivity contribution in [3.63, 3.8) is 0 Å². The van der Waals surface area contributed by atoms with Crippen LogP contribution in [0.2, 0.25) is 0 Å². The van der Waals surface area contributed by atoms with E-state index in [4.69, 9.17) is 42.6 Å². The lowest BCUT2D eigenvalue weighted by Gasteiger charge is -2.49. The van der Waals surface area contributed by atoms with E-state index in [-0.39, 0.29) is 0 Å². The first-order valence-electron chi connectivity index (χ1n) is 17.6. The predicted molar refractivity (Wildman–Crippen MR) is 167 cm³/mol. The Morgan fingerprint density at radius 2 is 0.625 bits per heavy atom. The zero-order valence-electron chi connectivity index (χ0n) is 29.2. The van der Waals surface area contributed by atoms with Crippen LogP contribution in [0.1, 0.15) is 0 Å². The van der Waals surface area contributed by atoms with Crippen molar-refractivity contribution in [3.8, 4) is 0 Å². The lowest BCUT2D eigenvalue weighted by Crippen LogP contribution is -2.67. The number of rotatable bonds is 13. The molecule has 5 rings (SSSR count). The van der Waals surface area contributed by atoms with Crippen LogP contribution in [0.3, 0.4) is 0 Å². The maximum atomic E-state index is 11.1. The highest BCUT2D eigenvalue weighted by Crippen LogP contribution is 2.34. The summed E-state index contributed by atoms with van der Waals surface area (Å²) in [5.41, 5.74) is 0. The Labute approximate surface area is 316 Å². The molecule has 5 fully saturated rings. The summed E-state index contributed by atoms with van der Waals surface area (Å²) in [7, 11) is 0. The monoisotopic (exact) mass is 828 g/mol. The molecule has 0 aromatic carbocycles. The smallest absolute Gasteiger partial charge is 0.187 e. The van der Waals surface area contributed by atoms with E-state index >= 15 is 0 Å². The average Bonchev–Trinajstić information content (AvgIpc) is 3.19. The highest BCUT2D eigenvalue weighted by atomic mass is 16.8. The van der Waals surface area contributed by atoms with Crippen molar-refractivity contribution >= 4 is 0 Å². The second-order valence-corrected chi connectivity index (χ2v) is 14.0. The molecule has 5 saturated heterocycles. The van der Waals surface area contributed by atoms with Crippen molar-refractivity contribution in [3.05, 3.63) is 0 Å². The normalized spacial score (nSPS) is 53.2. The quantitative estimate of drug-likeness (QED) is 0.0819. The van der Waals surface area contributed by atoms with Gasteiger partial charge in [0.25, 0.3) is 0 Å². The van der Waals surface area contributed by atoms with Crippen LogP contribution in [-0.2, 0) is 42.6 Å². The number of ether oxygens (including phenoxy) is 9. The summed E-state index contributed by atoms with van der Waals surface area (Å²) in [5, 5.41) is 175. The van der Waals surface area contributed by atoms with Crippen molar-refractivity contribution in [1.82, 2.24) is 0 Å². The fourth-order valence-corrected chi connectivity index (χ4v) is 6.93. The van der Waals surface area contributed by atoms with E-state index in [9.17, 15) is 86.8 Å². The number of aliphatic hydroxyl groups excluding tert-OH is 17. The Morgan fingerprint density at radius 3 is 1.05 bits per heavy atom. The molecule has 1 unspecified atom stereocenters. The summed E-state index contributed by atoms with van der Waals surface area (Å²) in [5.74, 6) is 0. The third-order valence-electron chi connectivity index (χ3n) is 10.3. The lowest BCUT2D eigenvalue weighted by atomic mass is 9.95. The van der Waals surface area contributed by atoms with Crippen LogP contribution in [0.15, 0.2) is 0 Å². The third-order valence-corrected chi connectivity index (χ3v) is 10.3. The summed E-state index contributed by atoms with van der Waals surface area (Å²) in [4.78, 5) is 0. The summed E-state index contributed by atoms with van der Waals surface area (Å²) in [6.45, 7) is -4.26. The van der Waals surface area contributed by atoms with Crippen molar-refractivity contribution in [2.75, 3.05) is 33.0 Å². The zero-order valence-corrected chi connectivity index (χ0v) is 29.2. The van der Waals surface area contributed by atoms with E-state index in [2.05, 4.69) is 0 Å². The van der Waals surface area contributed by atoms with Gasteiger partial charge in [0.05, 0.1) is 33.0 Å². The SMILES string of the molecule is OC[C@H]1O[C@H](OC[C@H]2O[C@@H](O[C@H]3[C@H](O)[C@H](O)[C@H](O[C@H]4[C@H](O)[C@H](O)[C@H](O[C@H]5[C@H](O)[C@H](O)C(O)O[C@@H]5CO)O[C@@H]4CO)O[C@@H]3CO)[C@@H](O)[C@@H](O)[C@@H]2O)[C@H](O)[C@@H](O)[C@H]1O. The maximum absolute atomic E-state index is 11.1. The topological polar surface area (TPSA) is 427 Å². The molecule has 25 atom stereocenters. The molecule has 0 radical (unpaired) electrons. The van der Waals surface area contributed by atoms with Gasteiger partial charge in [-0.25, -0.2) is 0 Å². The van der Waals surface area contributed by atoms with Crippen molar-refractivity contribution < 1.29 is 129 Å². The van der Waals surface area contributed by atoms with Gasteiger partial charge in [-0.2, -0.15) is 0 Å². The Hall–Kier alpha value is -1.04. The summed E-state index contributed by atoms with van der Waals surface area (Å²) < 4.78 is 48.9. The predicted octanol–water partition coefficient (Wildman–Crippen LogP) is -11.9. The summed E-state index contributed by atoms with van der Waals surface area (Å²) >= 11 is 0. The molecule has 26 nitrogen and oxygen atoms in total. The van der Waals surface area contributed by atoms with Crippen LogP contribution < -0.4 is 0 Å². The van der Waals surface area contributed by atoms with Crippen molar-refractivity contribution in [2.24, 2.45) is 0 Å². The van der Waals surface area contributed by atoms with E-state index in [1.807, 2.05) is 0 Å². The zero-order chi connectivity index (χ0) is 41.3. The second-order valence-electron chi connectivity index (χ2n) is 14.0. The molecule has 5 aliphatic heterocycles. The van der Waals surface area contributed by atoms with Crippen LogP contribution in [0.4, 0.5) is 0 Å². The number of aliphatic hydroxyl groups is 17. The first-order valence-corrected chi connectivity index (χ1v) is 17.6. The van der Waals surface area contributed by atoms with Gasteiger partial charge in [-0.05, 0) is 0 Å². The molecular formula is C30H52O26. The molecule has 26 heteroatoms. The van der Waals surface area contributed by atoms with Gasteiger partial charge in [-0.15, -0.1) is 0 Å². The van der Waals surface area contributed by atoms with Crippen LogP contribution in [0, 0.1) is 0 Å². The molecule has 328 valence electrons. The Morgan fingerprint density at radius 1 is 0.304 bits per heavy atom. The van der Waals surface area contributed by atoms with Gasteiger partial charge in [0.1, 0.15) is 122 Å². The molecule has 56 heavy (non-hydrogen) atoms. The molecule has 0 spiro atoms. The lowest BCUT2D eigenvalue weighted by molar-refractivity contribution is -0.388. The maximum Gasteiger partial charge on any atom is 0.187 e. The molecule has 17 N–H and O–H groups in total. The van der Waals surface area contributed by atoms with Gasteiger partial charge in [0.15, 0.2) is 31.5 Å². The van der Waals surface area contributed by atoms with Gasteiger partial charge >= 0.3 is 0 Å². The van der Waals surface area contributed by atoms with E-state index < -0.39 is 187 Å². The Balaban J connectivity index is 1.22. The Bertz CT molecular complexity index is 1200. The third kappa shape index (κ3) is 9.31. The van der Waals surface area contributed by atoms with Crippen molar-refractivity contribution in [1.29, 1.82) is 0 Å². The molecule has 0 saturated carbocycles. The van der Waals surface area contributed by atoms with Crippen LogP contribution in [0.5, 0.6) is 0 Å². The van der Waals surface area contributed by atoms with E-state index in [1.165, 1.54) is 0 Å².